The van der Waals surface area contributed by atoms with E-state index in [1.54, 1.807) is 35.4 Å². The van der Waals surface area contributed by atoms with E-state index in [9.17, 15) is 9.59 Å². The summed E-state index contributed by atoms with van der Waals surface area (Å²) in [6.07, 6.45) is 1.71. The van der Waals surface area contributed by atoms with E-state index in [2.05, 4.69) is 18.0 Å². The van der Waals surface area contributed by atoms with Gasteiger partial charge >= 0.3 is 0 Å². The number of carbonyl (C=O) groups excluding carboxylic acids is 2. The summed E-state index contributed by atoms with van der Waals surface area (Å²) >= 11 is 1.50. The lowest BCUT2D eigenvalue weighted by atomic mass is 10.1. The van der Waals surface area contributed by atoms with Crippen LogP contribution in [0.1, 0.15) is 44.5 Å². The molecule has 30 heavy (non-hydrogen) atoms. The molecule has 0 atom stereocenters. The van der Waals surface area contributed by atoms with Crippen LogP contribution in [0.5, 0.6) is 0 Å². The third-order valence-electron chi connectivity index (χ3n) is 4.87. The van der Waals surface area contributed by atoms with Gasteiger partial charge in [0, 0.05) is 17.3 Å². The van der Waals surface area contributed by atoms with Gasteiger partial charge in [0.05, 0.1) is 22.5 Å². The number of aryl methyl sites for hydroxylation is 2. The van der Waals surface area contributed by atoms with Crippen molar-refractivity contribution < 1.29 is 9.59 Å². The third-order valence-corrected chi connectivity index (χ3v) is 6.10. The molecule has 0 saturated carbocycles. The lowest BCUT2D eigenvalue weighted by Gasteiger charge is -2.19. The fraction of sp³-hybridized carbons (Fsp3) is 0.167. The molecule has 6 heteroatoms. The molecule has 0 aliphatic heterocycles. The van der Waals surface area contributed by atoms with Crippen molar-refractivity contribution in [2.75, 3.05) is 4.90 Å². The number of pyridine rings is 1. The molecule has 4 aromatic rings. The predicted octanol–water partition coefficient (Wildman–Crippen LogP) is 5.36. The number of hydrogen-bond acceptors (Lipinski definition) is 5. The predicted molar refractivity (Wildman–Crippen MR) is 120 cm³/mol. The summed E-state index contributed by atoms with van der Waals surface area (Å²) in [5.41, 5.74) is 5.03. The van der Waals surface area contributed by atoms with Crippen LogP contribution >= 0.6 is 11.3 Å². The molecule has 0 spiro atoms. The van der Waals surface area contributed by atoms with Gasteiger partial charge in [-0.05, 0) is 62.2 Å². The van der Waals surface area contributed by atoms with Gasteiger partial charge in [0.25, 0.3) is 5.91 Å². The summed E-state index contributed by atoms with van der Waals surface area (Å²) in [4.78, 5) is 35.8. The molecule has 4 rings (SSSR count). The number of benzene rings is 2. The summed E-state index contributed by atoms with van der Waals surface area (Å²) in [6.45, 7) is 5.92. The topological polar surface area (TPSA) is 63.2 Å². The fourth-order valence-corrected chi connectivity index (χ4v) is 4.38. The number of amides is 1. The molecular weight excluding hydrogens is 394 g/mol. The van der Waals surface area contributed by atoms with Gasteiger partial charge in [-0.25, -0.2) is 4.98 Å². The third kappa shape index (κ3) is 4.00. The molecular formula is C24H21N3O2S. The maximum absolute atomic E-state index is 13.4. The number of carbonyl (C=O) groups is 2. The van der Waals surface area contributed by atoms with Crippen LogP contribution in [0, 0.1) is 13.8 Å². The average Bonchev–Trinajstić information content (AvgIpc) is 3.16. The highest BCUT2D eigenvalue weighted by molar-refractivity contribution is 7.22. The molecule has 0 N–H and O–H groups in total. The first kappa shape index (κ1) is 19.9. The number of aromatic nitrogens is 2. The Bertz CT molecular complexity index is 1230. The van der Waals surface area contributed by atoms with Gasteiger partial charge in [-0.15, -0.1) is 0 Å². The van der Waals surface area contributed by atoms with Crippen molar-refractivity contribution in [3.05, 3.63) is 88.7 Å². The highest BCUT2D eigenvalue weighted by Gasteiger charge is 2.23. The molecule has 150 valence electrons. The minimum Gasteiger partial charge on any atom is -0.295 e. The van der Waals surface area contributed by atoms with E-state index in [0.29, 0.717) is 22.8 Å². The van der Waals surface area contributed by atoms with Crippen molar-refractivity contribution in [2.45, 2.75) is 27.3 Å². The first-order chi connectivity index (χ1) is 14.4. The van der Waals surface area contributed by atoms with Gasteiger partial charge in [0.15, 0.2) is 10.9 Å². The standard InChI is InChI=1S/C24H21N3O2S/c1-15-12-16(2)22-21(13-15)26-24(30-22)27(14-20-6-4-5-11-25-20)23(29)19-9-7-18(8-10-19)17(3)28/h4-13H,14H2,1-3H3. The molecule has 2 aromatic carbocycles. The summed E-state index contributed by atoms with van der Waals surface area (Å²) in [6, 6.07) is 16.5. The van der Waals surface area contributed by atoms with Gasteiger partial charge in [0.1, 0.15) is 0 Å². The smallest absolute Gasteiger partial charge is 0.260 e. The first-order valence-electron chi connectivity index (χ1n) is 9.63. The summed E-state index contributed by atoms with van der Waals surface area (Å²) in [5, 5.41) is 0.630. The molecule has 0 bridgehead atoms. The Labute approximate surface area is 179 Å². The lowest BCUT2D eigenvalue weighted by Crippen LogP contribution is -2.30. The average molecular weight is 416 g/mol. The van der Waals surface area contributed by atoms with Crippen LogP contribution in [0.25, 0.3) is 10.2 Å². The van der Waals surface area contributed by atoms with E-state index < -0.39 is 0 Å². The van der Waals surface area contributed by atoms with Crippen LogP contribution in [0.4, 0.5) is 5.13 Å². The molecule has 0 aliphatic rings. The largest absolute Gasteiger partial charge is 0.295 e. The zero-order valence-corrected chi connectivity index (χ0v) is 17.9. The Kier molecular flexibility index (Phi) is 5.42. The molecule has 2 heterocycles. The molecule has 0 fully saturated rings. The van der Waals surface area contributed by atoms with Gasteiger partial charge in [0.2, 0.25) is 0 Å². The van der Waals surface area contributed by atoms with E-state index in [4.69, 9.17) is 4.98 Å². The second kappa shape index (κ2) is 8.16. The molecule has 0 unspecified atom stereocenters. The number of ketones is 1. The van der Waals surface area contributed by atoms with Gasteiger partial charge in [-0.1, -0.05) is 35.6 Å². The number of thiazole rings is 1. The number of Topliss-reactive ketones (excluding diaryl/α,β-unsaturated/α-hetero) is 1. The Morgan fingerprint density at radius 2 is 1.73 bits per heavy atom. The normalized spacial score (nSPS) is 10.9. The van der Waals surface area contributed by atoms with Crippen LogP contribution in [0.2, 0.25) is 0 Å². The second-order valence-electron chi connectivity index (χ2n) is 7.27. The summed E-state index contributed by atoms with van der Waals surface area (Å²) in [7, 11) is 0. The molecule has 0 radical (unpaired) electrons. The summed E-state index contributed by atoms with van der Waals surface area (Å²) in [5.74, 6) is -0.208. The molecule has 0 saturated heterocycles. The minimum atomic E-state index is -0.177. The molecule has 5 nitrogen and oxygen atoms in total. The quantitative estimate of drug-likeness (QED) is 0.412. The number of nitrogens with zero attached hydrogens (tertiary/aromatic N) is 3. The molecule has 0 aliphatic carbocycles. The Hall–Kier alpha value is -3.38. The second-order valence-corrected chi connectivity index (χ2v) is 8.25. The maximum Gasteiger partial charge on any atom is 0.260 e. The molecule has 2 aromatic heterocycles. The summed E-state index contributed by atoms with van der Waals surface area (Å²) < 4.78 is 1.07. The Balaban J connectivity index is 1.77. The minimum absolute atomic E-state index is 0.0311. The van der Waals surface area contributed by atoms with Crippen LogP contribution in [-0.2, 0) is 6.54 Å². The number of anilines is 1. The number of fused-ring (bicyclic) bond motifs is 1. The first-order valence-corrected chi connectivity index (χ1v) is 10.4. The zero-order chi connectivity index (χ0) is 21.3. The number of rotatable bonds is 5. The van der Waals surface area contributed by atoms with Crippen molar-refractivity contribution in [3.8, 4) is 0 Å². The van der Waals surface area contributed by atoms with Crippen LogP contribution in [0.15, 0.2) is 60.8 Å². The van der Waals surface area contributed by atoms with Crippen LogP contribution < -0.4 is 4.90 Å². The van der Waals surface area contributed by atoms with E-state index in [-0.39, 0.29) is 11.7 Å². The Morgan fingerprint density at radius 3 is 2.40 bits per heavy atom. The van der Waals surface area contributed by atoms with Crippen molar-refractivity contribution in [1.82, 2.24) is 9.97 Å². The SMILES string of the molecule is CC(=O)c1ccc(C(=O)N(Cc2ccccn2)c2nc3cc(C)cc(C)c3s2)cc1. The maximum atomic E-state index is 13.4. The highest BCUT2D eigenvalue weighted by Crippen LogP contribution is 2.33. The Morgan fingerprint density at radius 1 is 1.00 bits per heavy atom. The fourth-order valence-electron chi connectivity index (χ4n) is 3.36. The van der Waals surface area contributed by atoms with E-state index >= 15 is 0 Å². The van der Waals surface area contributed by atoms with Crippen molar-refractivity contribution in [1.29, 1.82) is 0 Å². The van der Waals surface area contributed by atoms with Crippen molar-refractivity contribution >= 4 is 38.4 Å². The number of hydrogen-bond donors (Lipinski definition) is 0. The van der Waals surface area contributed by atoms with Crippen LogP contribution in [-0.4, -0.2) is 21.7 Å². The van der Waals surface area contributed by atoms with Crippen molar-refractivity contribution in [2.24, 2.45) is 0 Å². The monoisotopic (exact) mass is 415 g/mol. The molecule has 1 amide bonds. The van der Waals surface area contributed by atoms with Gasteiger partial charge < -0.3 is 0 Å². The zero-order valence-electron chi connectivity index (χ0n) is 17.0. The van der Waals surface area contributed by atoms with Gasteiger partial charge in [-0.3, -0.25) is 19.5 Å². The lowest BCUT2D eigenvalue weighted by molar-refractivity contribution is 0.0980. The van der Waals surface area contributed by atoms with E-state index in [0.717, 1.165) is 27.0 Å². The van der Waals surface area contributed by atoms with Crippen molar-refractivity contribution in [3.63, 3.8) is 0 Å². The van der Waals surface area contributed by atoms with Gasteiger partial charge in [-0.2, -0.15) is 0 Å². The van der Waals surface area contributed by atoms with E-state index in [1.165, 1.54) is 18.3 Å². The van der Waals surface area contributed by atoms with Crippen LogP contribution in [0.3, 0.4) is 0 Å². The van der Waals surface area contributed by atoms with E-state index in [1.807, 2.05) is 31.2 Å². The highest BCUT2D eigenvalue weighted by atomic mass is 32.1.